The van der Waals surface area contributed by atoms with Gasteiger partial charge >= 0.3 is 0 Å². The highest BCUT2D eigenvalue weighted by atomic mass is 16.6. The number of hydrogen-bond acceptors (Lipinski definition) is 4. The summed E-state index contributed by atoms with van der Waals surface area (Å²) in [4.78, 5) is 13.2. The maximum atomic E-state index is 13.2. The van der Waals surface area contributed by atoms with Gasteiger partial charge in [-0.2, -0.15) is 0 Å². The summed E-state index contributed by atoms with van der Waals surface area (Å²) in [7, 11) is 0. The fourth-order valence-electron chi connectivity index (χ4n) is 6.65. The zero-order valence-corrected chi connectivity index (χ0v) is 19.2. The van der Waals surface area contributed by atoms with Crippen LogP contribution >= 0.6 is 0 Å². The number of carbonyl (C=O) groups excluding carboxylic acids is 1. The summed E-state index contributed by atoms with van der Waals surface area (Å²) in [5.74, 6) is 0.452. The predicted octanol–water partition coefficient (Wildman–Crippen LogP) is 5.48. The number of rotatable bonds is 5. The molecule has 0 aromatic heterocycles. The maximum absolute atomic E-state index is 13.2. The second kappa shape index (κ2) is 8.31. The average Bonchev–Trinajstić information content (AvgIpc) is 3.07. The van der Waals surface area contributed by atoms with Crippen LogP contribution in [0.4, 0.5) is 0 Å². The molecule has 3 saturated carbocycles. The summed E-state index contributed by atoms with van der Waals surface area (Å²) in [6.07, 6.45) is 11.2. The SMILES string of the molecule is CCO/C=C1\C[C@H]2[C@@H]3CCC4=CC(O)(OCc5ccccc5)CC=C4[C@H]3CC[C@]2(C)C1=O. The number of ketones is 1. The van der Waals surface area contributed by atoms with Gasteiger partial charge in [0.25, 0.3) is 0 Å². The lowest BCUT2D eigenvalue weighted by Gasteiger charge is -2.50. The number of Topliss-reactive ketones (excluding diaryl/α,β-unsaturated/α-hetero) is 1. The van der Waals surface area contributed by atoms with Crippen molar-refractivity contribution in [1.29, 1.82) is 0 Å². The molecule has 1 aromatic carbocycles. The van der Waals surface area contributed by atoms with Gasteiger partial charge < -0.3 is 14.6 Å². The Balaban J connectivity index is 1.32. The minimum absolute atomic E-state index is 0.250. The van der Waals surface area contributed by atoms with Crippen molar-refractivity contribution >= 4 is 5.78 Å². The minimum atomic E-state index is -1.23. The van der Waals surface area contributed by atoms with Crippen LogP contribution in [0.1, 0.15) is 57.9 Å². The van der Waals surface area contributed by atoms with E-state index in [1.165, 1.54) is 11.1 Å². The molecule has 1 unspecified atom stereocenters. The van der Waals surface area contributed by atoms with Crippen LogP contribution in [-0.4, -0.2) is 23.3 Å². The normalized spacial score (nSPS) is 37.3. The highest BCUT2D eigenvalue weighted by Gasteiger charge is 2.57. The molecule has 32 heavy (non-hydrogen) atoms. The molecule has 4 aliphatic carbocycles. The lowest BCUT2D eigenvalue weighted by molar-refractivity contribution is -0.173. The van der Waals surface area contributed by atoms with Gasteiger partial charge in [-0.1, -0.05) is 43.3 Å². The maximum Gasteiger partial charge on any atom is 0.189 e. The minimum Gasteiger partial charge on any atom is -0.501 e. The van der Waals surface area contributed by atoms with E-state index < -0.39 is 5.79 Å². The van der Waals surface area contributed by atoms with Gasteiger partial charge in [0.15, 0.2) is 11.6 Å². The molecule has 1 N–H and O–H groups in total. The van der Waals surface area contributed by atoms with Crippen molar-refractivity contribution in [3.05, 3.63) is 71.0 Å². The third-order valence-corrected chi connectivity index (χ3v) is 8.33. The van der Waals surface area contributed by atoms with Crippen molar-refractivity contribution < 1.29 is 19.4 Å². The molecule has 0 heterocycles. The summed E-state index contributed by atoms with van der Waals surface area (Å²) < 4.78 is 11.5. The Morgan fingerprint density at radius 3 is 2.81 bits per heavy atom. The summed E-state index contributed by atoms with van der Waals surface area (Å²) >= 11 is 0. The van der Waals surface area contributed by atoms with Crippen LogP contribution in [0.5, 0.6) is 0 Å². The van der Waals surface area contributed by atoms with Crippen LogP contribution in [0, 0.1) is 23.2 Å². The van der Waals surface area contributed by atoms with Crippen LogP contribution in [-0.2, 0) is 20.9 Å². The van der Waals surface area contributed by atoms with E-state index in [9.17, 15) is 9.90 Å². The fourth-order valence-corrected chi connectivity index (χ4v) is 6.65. The van der Waals surface area contributed by atoms with E-state index in [-0.39, 0.29) is 5.41 Å². The van der Waals surface area contributed by atoms with E-state index in [2.05, 4.69) is 13.0 Å². The molecular formula is C28H34O4. The molecule has 5 rings (SSSR count). The Hall–Kier alpha value is -2.17. The molecule has 5 atom stereocenters. The molecule has 170 valence electrons. The summed E-state index contributed by atoms with van der Waals surface area (Å²) in [6.45, 7) is 5.13. The van der Waals surface area contributed by atoms with E-state index in [0.717, 1.165) is 43.2 Å². The van der Waals surface area contributed by atoms with Crippen molar-refractivity contribution in [3.63, 3.8) is 0 Å². The quantitative estimate of drug-likeness (QED) is 0.379. The van der Waals surface area contributed by atoms with E-state index in [1.807, 2.05) is 43.3 Å². The van der Waals surface area contributed by atoms with Gasteiger partial charge in [-0.05, 0) is 79.6 Å². The second-order valence-corrected chi connectivity index (χ2v) is 10.2. The number of allylic oxidation sites excluding steroid dienone is 3. The lowest BCUT2D eigenvalue weighted by atomic mass is 9.54. The average molecular weight is 435 g/mol. The summed E-state index contributed by atoms with van der Waals surface area (Å²) in [5, 5.41) is 11.1. The van der Waals surface area contributed by atoms with Crippen molar-refractivity contribution in [1.82, 2.24) is 0 Å². The van der Waals surface area contributed by atoms with Gasteiger partial charge in [0.1, 0.15) is 0 Å². The molecule has 4 nitrogen and oxygen atoms in total. The molecule has 1 aromatic rings. The smallest absolute Gasteiger partial charge is 0.189 e. The van der Waals surface area contributed by atoms with Crippen LogP contribution in [0.25, 0.3) is 0 Å². The molecule has 0 radical (unpaired) electrons. The van der Waals surface area contributed by atoms with Gasteiger partial charge in [0.2, 0.25) is 0 Å². The van der Waals surface area contributed by atoms with Crippen molar-refractivity contribution in [2.24, 2.45) is 23.2 Å². The number of fused-ring (bicyclic) bond motifs is 5. The van der Waals surface area contributed by atoms with Gasteiger partial charge in [0.05, 0.1) is 19.5 Å². The first-order valence-corrected chi connectivity index (χ1v) is 12.1. The van der Waals surface area contributed by atoms with Gasteiger partial charge in [-0.25, -0.2) is 0 Å². The first-order chi connectivity index (χ1) is 15.4. The number of ether oxygens (including phenoxy) is 2. The molecule has 0 spiro atoms. The fraction of sp³-hybridized carbons (Fsp3) is 0.536. The Labute approximate surface area is 191 Å². The Kier molecular flexibility index (Phi) is 5.63. The molecule has 0 saturated heterocycles. The summed E-state index contributed by atoms with van der Waals surface area (Å²) in [5.41, 5.74) is 4.32. The molecule has 3 fully saturated rings. The monoisotopic (exact) mass is 434 g/mol. The van der Waals surface area contributed by atoms with Crippen molar-refractivity contribution in [2.75, 3.05) is 6.61 Å². The molecule has 0 bridgehead atoms. The van der Waals surface area contributed by atoms with Crippen LogP contribution < -0.4 is 0 Å². The first-order valence-electron chi connectivity index (χ1n) is 12.1. The largest absolute Gasteiger partial charge is 0.501 e. The number of benzene rings is 1. The molecule has 0 aliphatic heterocycles. The third-order valence-electron chi connectivity index (χ3n) is 8.33. The Bertz CT molecular complexity index is 974. The zero-order chi connectivity index (χ0) is 22.3. The van der Waals surface area contributed by atoms with Crippen LogP contribution in [0.15, 0.2) is 65.5 Å². The first kappa shape index (κ1) is 21.7. The molecule has 4 aliphatic rings. The lowest BCUT2D eigenvalue weighted by Crippen LogP contribution is -2.45. The van der Waals surface area contributed by atoms with Gasteiger partial charge in [-0.3, -0.25) is 4.79 Å². The number of hydrogen-bond donors (Lipinski definition) is 1. The standard InChI is InChI=1S/C28H34O4/c1-3-31-18-21-15-25-24-10-9-20-16-28(30,32-17-19-7-5-4-6-8-19)14-12-22(20)23(24)11-13-27(25,2)26(21)29/h4-8,12,16,18,23-25,30H,3,9-11,13-15,17H2,1-2H3/b21-18+/t23-,24-,25+,27+,28?/m1/s1. The highest BCUT2D eigenvalue weighted by Crippen LogP contribution is 2.61. The van der Waals surface area contributed by atoms with Gasteiger partial charge in [-0.15, -0.1) is 0 Å². The Morgan fingerprint density at radius 1 is 1.22 bits per heavy atom. The number of carbonyl (C=O) groups is 1. The van der Waals surface area contributed by atoms with E-state index in [0.29, 0.717) is 43.2 Å². The topological polar surface area (TPSA) is 55.8 Å². The summed E-state index contributed by atoms with van der Waals surface area (Å²) in [6, 6.07) is 9.99. The number of aliphatic hydroxyl groups is 1. The van der Waals surface area contributed by atoms with Crippen molar-refractivity contribution in [2.45, 2.75) is 64.8 Å². The van der Waals surface area contributed by atoms with Crippen LogP contribution in [0.3, 0.4) is 0 Å². The van der Waals surface area contributed by atoms with E-state index in [4.69, 9.17) is 9.47 Å². The third kappa shape index (κ3) is 3.68. The van der Waals surface area contributed by atoms with Crippen molar-refractivity contribution in [3.8, 4) is 0 Å². The zero-order valence-electron chi connectivity index (χ0n) is 19.2. The predicted molar refractivity (Wildman–Crippen MR) is 123 cm³/mol. The van der Waals surface area contributed by atoms with Crippen LogP contribution in [0.2, 0.25) is 0 Å². The van der Waals surface area contributed by atoms with Gasteiger partial charge in [0, 0.05) is 17.4 Å². The molecule has 0 amide bonds. The molecular weight excluding hydrogens is 400 g/mol. The van der Waals surface area contributed by atoms with E-state index >= 15 is 0 Å². The molecule has 4 heteroatoms. The second-order valence-electron chi connectivity index (χ2n) is 10.2. The van der Waals surface area contributed by atoms with E-state index in [1.54, 1.807) is 6.26 Å². The highest BCUT2D eigenvalue weighted by molar-refractivity contribution is 6.02. The Morgan fingerprint density at radius 2 is 2.03 bits per heavy atom.